The lowest BCUT2D eigenvalue weighted by Gasteiger charge is -2.59. The monoisotopic (exact) mass is 534 g/mol. The van der Waals surface area contributed by atoms with Crippen molar-refractivity contribution in [2.75, 3.05) is 38.3 Å². The van der Waals surface area contributed by atoms with Crippen molar-refractivity contribution in [1.82, 2.24) is 4.90 Å². The lowest BCUT2D eigenvalue weighted by molar-refractivity contribution is -0.0793. The number of aliphatic hydroxyl groups is 1. The van der Waals surface area contributed by atoms with Crippen molar-refractivity contribution >= 4 is 16.5 Å². The molecular weight excluding hydrogens is 504 g/mol. The van der Waals surface area contributed by atoms with Gasteiger partial charge < -0.3 is 19.5 Å². The molecule has 3 aromatic rings. The molecule has 1 amide bonds. The summed E-state index contributed by atoms with van der Waals surface area (Å²) in [6.45, 7) is 0.794. The Bertz CT molecular complexity index is 1340. The molecule has 0 spiro atoms. The van der Waals surface area contributed by atoms with Crippen LogP contribution < -0.4 is 9.47 Å². The van der Waals surface area contributed by atoms with E-state index in [4.69, 9.17) is 14.7 Å². The van der Waals surface area contributed by atoms with E-state index in [9.17, 15) is 19.0 Å². The molecule has 0 saturated carbocycles. The first-order chi connectivity index (χ1) is 18.2. The summed E-state index contributed by atoms with van der Waals surface area (Å²) in [4.78, 5) is 14.9. The molecule has 38 heavy (non-hydrogen) atoms. The zero-order valence-corrected chi connectivity index (χ0v) is 21.9. The SMILES string of the molecule is COc1ccc(C(=O)N2CCC(COc3ccc(-c4ccc(C#N)cc4)cc3)(C3(O)CS(O)(O)C3)C2)cc1. The lowest BCUT2D eigenvalue weighted by Crippen LogP contribution is -2.65. The third-order valence-electron chi connectivity index (χ3n) is 7.62. The van der Waals surface area contributed by atoms with Gasteiger partial charge in [0, 0.05) is 18.7 Å². The van der Waals surface area contributed by atoms with Gasteiger partial charge in [0.2, 0.25) is 0 Å². The largest absolute Gasteiger partial charge is 0.497 e. The van der Waals surface area contributed by atoms with Crippen molar-refractivity contribution < 1.29 is 28.5 Å². The predicted octanol–water partition coefficient (Wildman–Crippen LogP) is 4.64. The summed E-state index contributed by atoms with van der Waals surface area (Å²) < 4.78 is 31.6. The smallest absolute Gasteiger partial charge is 0.253 e. The fraction of sp³-hybridized carbons (Fsp3) is 0.310. The summed E-state index contributed by atoms with van der Waals surface area (Å²) in [5.74, 6) is 0.869. The fourth-order valence-corrected chi connectivity index (χ4v) is 7.38. The molecule has 3 aromatic carbocycles. The molecule has 1 atom stereocenters. The van der Waals surface area contributed by atoms with Crippen LogP contribution in [-0.4, -0.2) is 68.9 Å². The molecule has 3 N–H and O–H groups in total. The number of amides is 1. The van der Waals surface area contributed by atoms with E-state index < -0.39 is 21.6 Å². The molecule has 2 aliphatic heterocycles. The maximum Gasteiger partial charge on any atom is 0.253 e. The molecule has 0 radical (unpaired) electrons. The minimum atomic E-state index is -2.83. The van der Waals surface area contributed by atoms with Crippen LogP contribution in [-0.2, 0) is 0 Å². The van der Waals surface area contributed by atoms with E-state index in [1.807, 2.05) is 36.4 Å². The van der Waals surface area contributed by atoms with Gasteiger partial charge >= 0.3 is 0 Å². The first kappa shape index (κ1) is 26.1. The molecule has 5 rings (SSSR count). The van der Waals surface area contributed by atoms with Crippen molar-refractivity contribution in [3.8, 4) is 28.7 Å². The van der Waals surface area contributed by atoms with Crippen LogP contribution in [0.2, 0.25) is 0 Å². The maximum absolute atomic E-state index is 13.2. The maximum atomic E-state index is 13.2. The Labute approximate surface area is 223 Å². The van der Waals surface area contributed by atoms with Crippen LogP contribution in [0.25, 0.3) is 11.1 Å². The van der Waals surface area contributed by atoms with Gasteiger partial charge in [-0.25, -0.2) is 0 Å². The molecule has 2 aliphatic rings. The third kappa shape index (κ3) is 4.96. The van der Waals surface area contributed by atoms with Crippen molar-refractivity contribution in [3.63, 3.8) is 0 Å². The Balaban J connectivity index is 1.32. The molecule has 1 unspecified atom stereocenters. The Morgan fingerprint density at radius 3 is 2.11 bits per heavy atom. The molecule has 0 aromatic heterocycles. The first-order valence-corrected chi connectivity index (χ1v) is 14.2. The Hall–Kier alpha value is -3.55. The number of carbonyl (C=O) groups is 1. The van der Waals surface area contributed by atoms with E-state index >= 15 is 0 Å². The van der Waals surface area contributed by atoms with E-state index in [1.165, 1.54) is 0 Å². The van der Waals surface area contributed by atoms with Crippen molar-refractivity contribution in [3.05, 3.63) is 83.9 Å². The average Bonchev–Trinajstić information content (AvgIpc) is 3.37. The van der Waals surface area contributed by atoms with Gasteiger partial charge in [-0.15, -0.1) is 0 Å². The minimum absolute atomic E-state index is 0.119. The van der Waals surface area contributed by atoms with Crippen molar-refractivity contribution in [2.45, 2.75) is 12.0 Å². The number of rotatable bonds is 7. The van der Waals surface area contributed by atoms with Crippen LogP contribution in [0.1, 0.15) is 22.3 Å². The lowest BCUT2D eigenvalue weighted by atomic mass is 9.72. The van der Waals surface area contributed by atoms with Crippen molar-refractivity contribution in [2.24, 2.45) is 5.41 Å². The van der Waals surface area contributed by atoms with Crippen LogP contribution in [0.3, 0.4) is 0 Å². The molecular formula is C29H30N2O6S. The highest BCUT2D eigenvalue weighted by Gasteiger charge is 2.63. The zero-order valence-electron chi connectivity index (χ0n) is 21.0. The molecule has 0 bridgehead atoms. The molecule has 2 heterocycles. The van der Waals surface area contributed by atoms with Crippen LogP contribution in [0.15, 0.2) is 72.8 Å². The number of hydrogen-bond acceptors (Lipinski definition) is 7. The van der Waals surface area contributed by atoms with E-state index in [2.05, 4.69) is 6.07 Å². The van der Waals surface area contributed by atoms with E-state index in [0.717, 1.165) is 11.1 Å². The molecule has 9 heteroatoms. The fourth-order valence-electron chi connectivity index (χ4n) is 5.32. The number of hydrogen-bond donors (Lipinski definition) is 3. The molecule has 198 valence electrons. The van der Waals surface area contributed by atoms with Gasteiger partial charge in [0.15, 0.2) is 0 Å². The molecule has 2 fully saturated rings. The summed E-state index contributed by atoms with van der Waals surface area (Å²) in [7, 11) is -1.26. The van der Waals surface area contributed by atoms with E-state index in [1.54, 1.807) is 48.4 Å². The third-order valence-corrected chi connectivity index (χ3v) is 9.50. The highest BCUT2D eigenvalue weighted by molar-refractivity contribution is 8.25. The standard InChI is InChI=1S/C29H30N2O6S/c1-36-25-10-8-24(9-11-25)27(32)31-15-14-28(17-31,29(33)19-38(34,35)20-29)18-37-26-12-6-23(7-13-26)22-4-2-21(16-30)3-5-22/h2-13,33-35H,14-15,17-20H2,1H3. The minimum Gasteiger partial charge on any atom is -0.497 e. The van der Waals surface area contributed by atoms with E-state index in [0.29, 0.717) is 35.6 Å². The van der Waals surface area contributed by atoms with E-state index in [-0.39, 0.29) is 30.6 Å². The van der Waals surface area contributed by atoms with Gasteiger partial charge in [-0.05, 0) is 66.1 Å². The van der Waals surface area contributed by atoms with Gasteiger partial charge in [-0.2, -0.15) is 15.9 Å². The first-order valence-electron chi connectivity index (χ1n) is 12.3. The number of ether oxygens (including phenoxy) is 2. The summed E-state index contributed by atoms with van der Waals surface area (Å²) in [5.41, 5.74) is 0.877. The predicted molar refractivity (Wildman–Crippen MR) is 146 cm³/mol. The summed E-state index contributed by atoms with van der Waals surface area (Å²) in [6.07, 6.45) is 0.476. The van der Waals surface area contributed by atoms with Gasteiger partial charge in [0.25, 0.3) is 5.91 Å². The second-order valence-electron chi connectivity index (χ2n) is 10.1. The highest BCUT2D eigenvalue weighted by atomic mass is 32.3. The molecule has 0 aliphatic carbocycles. The Morgan fingerprint density at radius 1 is 0.974 bits per heavy atom. The highest BCUT2D eigenvalue weighted by Crippen LogP contribution is 2.62. The number of nitrogens with zero attached hydrogens (tertiary/aromatic N) is 2. The number of benzene rings is 3. The Morgan fingerprint density at radius 2 is 1.55 bits per heavy atom. The van der Waals surface area contributed by atoms with Crippen LogP contribution in [0, 0.1) is 16.7 Å². The van der Waals surface area contributed by atoms with Gasteiger partial charge in [-0.3, -0.25) is 13.9 Å². The number of carbonyl (C=O) groups excluding carboxylic acids is 1. The second-order valence-corrected chi connectivity index (χ2v) is 12.3. The summed E-state index contributed by atoms with van der Waals surface area (Å²) >= 11 is 0. The van der Waals surface area contributed by atoms with Crippen LogP contribution >= 0.6 is 10.6 Å². The quantitative estimate of drug-likeness (QED) is 0.403. The topological polar surface area (TPSA) is 123 Å². The van der Waals surface area contributed by atoms with Crippen molar-refractivity contribution in [1.29, 1.82) is 5.26 Å². The number of methoxy groups -OCH3 is 1. The Kier molecular flexibility index (Phi) is 6.84. The van der Waals surface area contributed by atoms with Gasteiger partial charge in [-0.1, -0.05) is 24.3 Å². The second kappa shape index (κ2) is 9.97. The zero-order chi connectivity index (χ0) is 27.0. The summed E-state index contributed by atoms with van der Waals surface area (Å²) in [5, 5.41) is 20.5. The van der Waals surface area contributed by atoms with Gasteiger partial charge in [0.1, 0.15) is 17.1 Å². The summed E-state index contributed by atoms with van der Waals surface area (Å²) in [6, 6.07) is 23.8. The van der Waals surface area contributed by atoms with Gasteiger partial charge in [0.05, 0.1) is 42.3 Å². The number of nitriles is 1. The van der Waals surface area contributed by atoms with Crippen LogP contribution in [0.5, 0.6) is 11.5 Å². The normalized spacial score (nSPS) is 22.1. The molecule has 8 nitrogen and oxygen atoms in total. The molecule has 2 saturated heterocycles. The van der Waals surface area contributed by atoms with Crippen LogP contribution in [0.4, 0.5) is 0 Å². The average molecular weight is 535 g/mol. The number of likely N-dealkylation sites (tertiary alicyclic amines) is 1.